The van der Waals surface area contributed by atoms with Gasteiger partial charge in [-0.05, 0) is 83.0 Å². The predicted octanol–water partition coefficient (Wildman–Crippen LogP) is 8.01. The molecule has 0 aliphatic carbocycles. The maximum atomic E-state index is 16.7. The van der Waals surface area contributed by atoms with Gasteiger partial charge in [0.2, 0.25) is 8.41 Å². The van der Waals surface area contributed by atoms with Gasteiger partial charge in [-0.25, -0.2) is 0 Å². The van der Waals surface area contributed by atoms with Crippen LogP contribution in [0.25, 0.3) is 16.5 Å². The first-order valence-electron chi connectivity index (χ1n) is 19.5. The minimum atomic E-state index is -3.45. The molecule has 2 aliphatic rings. The molecule has 2 aromatic heterocycles. The number of amides is 1. The molecular formula is C44H51FN6O4Si. The van der Waals surface area contributed by atoms with Gasteiger partial charge in [0.25, 0.3) is 11.5 Å². The third kappa shape index (κ3) is 7.33. The summed E-state index contributed by atoms with van der Waals surface area (Å²) in [5.74, 6) is -1.08. The van der Waals surface area contributed by atoms with E-state index in [1.807, 2.05) is 79.9 Å². The highest BCUT2D eigenvalue weighted by molar-refractivity contribution is 6.72. The van der Waals surface area contributed by atoms with Crippen molar-refractivity contribution in [1.29, 1.82) is 0 Å². The van der Waals surface area contributed by atoms with Gasteiger partial charge in [0, 0.05) is 41.7 Å². The van der Waals surface area contributed by atoms with E-state index in [1.165, 1.54) is 10.3 Å². The number of allylic oxidation sites excluding steroid dienone is 3. The Morgan fingerprint density at radius 3 is 2.52 bits per heavy atom. The lowest BCUT2D eigenvalue weighted by atomic mass is 9.82. The Balaban J connectivity index is 1.25. The molecule has 7 rings (SSSR count). The molecule has 2 aliphatic heterocycles. The Morgan fingerprint density at radius 1 is 1.04 bits per heavy atom. The van der Waals surface area contributed by atoms with Crippen molar-refractivity contribution in [3.05, 3.63) is 136 Å². The molecule has 0 saturated carbocycles. The lowest BCUT2D eigenvalue weighted by Crippen LogP contribution is -2.45. The Bertz CT molecular complexity index is 2350. The molecule has 4 heterocycles. The number of nitrogens with zero attached hydrogens (tertiary/aromatic N) is 6. The quantitative estimate of drug-likeness (QED) is 0.0733. The average Bonchev–Trinajstić information content (AvgIpc) is 3.83. The summed E-state index contributed by atoms with van der Waals surface area (Å²) in [5.41, 5.74) is 3.52. The Kier molecular flexibility index (Phi) is 11.1. The van der Waals surface area contributed by atoms with Gasteiger partial charge in [-0.15, -0.1) is 5.10 Å². The highest BCUT2D eigenvalue weighted by atomic mass is 28.4. The number of hydrogen-bond donors (Lipinski definition) is 1. The van der Waals surface area contributed by atoms with Crippen LogP contribution in [-0.2, 0) is 21.7 Å². The number of ether oxygens (including phenoxy) is 1. The summed E-state index contributed by atoms with van der Waals surface area (Å²) in [6.07, 6.45) is 9.35. The van der Waals surface area contributed by atoms with Crippen molar-refractivity contribution < 1.29 is 18.7 Å². The van der Waals surface area contributed by atoms with Crippen LogP contribution in [0.2, 0.25) is 18.6 Å². The monoisotopic (exact) mass is 774 g/mol. The summed E-state index contributed by atoms with van der Waals surface area (Å²) in [6, 6.07) is 22.5. The van der Waals surface area contributed by atoms with E-state index < -0.39 is 31.6 Å². The lowest BCUT2D eigenvalue weighted by molar-refractivity contribution is -0.145. The molecule has 3 aromatic carbocycles. The number of aliphatic hydroxyl groups excluding tert-OH is 1. The maximum absolute atomic E-state index is 16.7. The number of aromatic nitrogens is 5. The summed E-state index contributed by atoms with van der Waals surface area (Å²) in [7, 11) is -3.45. The van der Waals surface area contributed by atoms with Crippen molar-refractivity contribution in [2.24, 2.45) is 5.92 Å². The molecule has 1 saturated heterocycles. The molecule has 1 fully saturated rings. The van der Waals surface area contributed by atoms with Crippen molar-refractivity contribution in [2.75, 3.05) is 18.1 Å². The van der Waals surface area contributed by atoms with Crippen molar-refractivity contribution in [3.63, 3.8) is 0 Å². The number of carbonyl (C=O) groups is 1. The first-order valence-corrected chi connectivity index (χ1v) is 22.4. The first kappa shape index (κ1) is 39.2. The molecule has 5 atom stereocenters. The molecule has 12 heteroatoms. The molecule has 1 unspecified atom stereocenters. The van der Waals surface area contributed by atoms with Crippen molar-refractivity contribution in [2.45, 2.75) is 89.8 Å². The SMILES string of the molecule is CC(C)=CCC/C(C)=C/CN1C(=O)[C@]2(O[C@H](CCn3cc(C(CO)c4ccccc4)nn3)[C@@H]([Si](C)(C)F)[C@@H]2C)c2cc(-n3ncc4ccccc4c3=O)ccc21. The smallest absolute Gasteiger partial charge is 0.279 e. The molecule has 56 heavy (non-hydrogen) atoms. The van der Waals surface area contributed by atoms with Gasteiger partial charge in [-0.1, -0.05) is 84.0 Å². The second kappa shape index (κ2) is 15.8. The van der Waals surface area contributed by atoms with E-state index in [0.29, 0.717) is 47.5 Å². The van der Waals surface area contributed by atoms with Crippen LogP contribution >= 0.6 is 0 Å². The number of aryl methyl sites for hydroxylation is 1. The standard InChI is InChI=1S/C44H51FN6O4Si/c1-29(2)13-12-14-30(3)21-24-50-39-20-19-34(51-42(53)35-18-11-10-17-33(35)26-46-51)25-37(39)44(43(50)54)31(4)41(56(5,6)45)40(55-44)22-23-49-27-38(47-48-49)36(28-52)32-15-8-7-9-16-32/h7-11,13,15-21,25-27,31,36,40-41,52H,12,14,22-24,28H2,1-6H3/b30-21+/t31-,36?,40+,41-,44+/m0/s1. The van der Waals surface area contributed by atoms with Crippen molar-refractivity contribution in [3.8, 4) is 5.69 Å². The number of halogens is 1. The number of rotatable bonds is 13. The number of fused-ring (bicyclic) bond motifs is 3. The van der Waals surface area contributed by atoms with Crippen LogP contribution in [-0.4, -0.2) is 63.5 Å². The molecule has 0 radical (unpaired) electrons. The minimum absolute atomic E-state index is 0.122. The Morgan fingerprint density at radius 2 is 1.79 bits per heavy atom. The van der Waals surface area contributed by atoms with Gasteiger partial charge < -0.3 is 18.9 Å². The second-order valence-corrected chi connectivity index (χ2v) is 19.8. The fourth-order valence-corrected chi connectivity index (χ4v) is 11.3. The van der Waals surface area contributed by atoms with E-state index in [4.69, 9.17) is 4.74 Å². The lowest BCUT2D eigenvalue weighted by Gasteiger charge is -2.31. The van der Waals surface area contributed by atoms with Crippen LogP contribution in [0, 0.1) is 5.92 Å². The fraction of sp³-hybridized carbons (Fsp3) is 0.386. The second-order valence-electron chi connectivity index (χ2n) is 16.0. The zero-order valence-electron chi connectivity index (χ0n) is 33.0. The maximum Gasteiger partial charge on any atom is 0.279 e. The van der Waals surface area contributed by atoms with E-state index in [-0.39, 0.29) is 24.0 Å². The fourth-order valence-electron chi connectivity index (χ4n) is 8.73. The third-order valence-corrected chi connectivity index (χ3v) is 14.0. The van der Waals surface area contributed by atoms with Crippen LogP contribution in [0.4, 0.5) is 9.80 Å². The third-order valence-electron chi connectivity index (χ3n) is 11.5. The van der Waals surface area contributed by atoms with Gasteiger partial charge in [-0.2, -0.15) is 9.78 Å². The van der Waals surface area contributed by atoms with Crippen LogP contribution in [0.15, 0.2) is 113 Å². The van der Waals surface area contributed by atoms with Crippen LogP contribution in [0.1, 0.15) is 69.7 Å². The highest BCUT2D eigenvalue weighted by Gasteiger charge is 2.66. The van der Waals surface area contributed by atoms with E-state index >= 15 is 8.90 Å². The molecule has 5 aromatic rings. The van der Waals surface area contributed by atoms with Crippen LogP contribution in [0.3, 0.4) is 0 Å². The zero-order chi connectivity index (χ0) is 39.8. The molecular weight excluding hydrogens is 724 g/mol. The summed E-state index contributed by atoms with van der Waals surface area (Å²) in [4.78, 5) is 30.6. The number of carbonyl (C=O) groups excluding carboxylic acids is 1. The highest BCUT2D eigenvalue weighted by Crippen LogP contribution is 2.60. The van der Waals surface area contributed by atoms with E-state index in [9.17, 15) is 9.90 Å². The molecule has 1 amide bonds. The van der Waals surface area contributed by atoms with Gasteiger partial charge in [-0.3, -0.25) is 14.3 Å². The predicted molar refractivity (Wildman–Crippen MR) is 220 cm³/mol. The average molecular weight is 775 g/mol. The van der Waals surface area contributed by atoms with Crippen LogP contribution < -0.4 is 10.5 Å². The van der Waals surface area contributed by atoms with Gasteiger partial charge in [0.05, 0.1) is 47.3 Å². The van der Waals surface area contributed by atoms with Gasteiger partial charge in [0.15, 0.2) is 5.60 Å². The normalized spacial score (nSPS) is 21.6. The van der Waals surface area contributed by atoms with E-state index in [2.05, 4.69) is 48.3 Å². The van der Waals surface area contributed by atoms with E-state index in [0.717, 1.165) is 29.4 Å². The van der Waals surface area contributed by atoms with Gasteiger partial charge in [0.1, 0.15) is 0 Å². The summed E-state index contributed by atoms with van der Waals surface area (Å²) in [5, 5.41) is 24.8. The summed E-state index contributed by atoms with van der Waals surface area (Å²) in [6.45, 7) is 12.2. The molecule has 1 spiro atoms. The number of benzene rings is 3. The molecule has 0 bridgehead atoms. The summed E-state index contributed by atoms with van der Waals surface area (Å²) >= 11 is 0. The van der Waals surface area contributed by atoms with Crippen molar-refractivity contribution >= 4 is 30.8 Å². The summed E-state index contributed by atoms with van der Waals surface area (Å²) < 4.78 is 26.8. The molecule has 1 N–H and O–H groups in total. The number of aliphatic hydroxyl groups is 1. The van der Waals surface area contributed by atoms with E-state index in [1.54, 1.807) is 34.9 Å². The Hall–Kier alpha value is -5.04. The van der Waals surface area contributed by atoms with Gasteiger partial charge >= 0.3 is 0 Å². The molecule has 292 valence electrons. The largest absolute Gasteiger partial charge is 0.395 e. The topological polar surface area (TPSA) is 115 Å². The first-order chi connectivity index (χ1) is 26.8. The number of hydrogen-bond acceptors (Lipinski definition) is 7. The number of anilines is 1. The minimum Gasteiger partial charge on any atom is -0.395 e. The van der Waals surface area contributed by atoms with Crippen LogP contribution in [0.5, 0.6) is 0 Å². The zero-order valence-corrected chi connectivity index (χ0v) is 34.0. The Labute approximate surface area is 328 Å². The molecule has 10 nitrogen and oxygen atoms in total. The van der Waals surface area contributed by atoms with Crippen molar-refractivity contribution in [1.82, 2.24) is 24.8 Å².